The normalized spacial score (nSPS) is 13.1. The molecule has 0 fully saturated rings. The highest BCUT2D eigenvalue weighted by molar-refractivity contribution is 7.91. The summed E-state index contributed by atoms with van der Waals surface area (Å²) in [4.78, 5) is 36.1. The smallest absolute Gasteiger partial charge is 0.240 e. The van der Waals surface area contributed by atoms with Crippen molar-refractivity contribution in [2.45, 2.75) is 43.2 Å². The maximum atomic E-state index is 12.4. The lowest BCUT2D eigenvalue weighted by molar-refractivity contribution is -0.129. The zero-order chi connectivity index (χ0) is 22.9. The Morgan fingerprint density at radius 1 is 0.871 bits per heavy atom. The number of rotatable bonds is 11. The van der Waals surface area contributed by atoms with E-state index in [1.54, 1.807) is 18.2 Å². The number of nitrogens with one attached hydrogen (secondary N) is 2. The summed E-state index contributed by atoms with van der Waals surface area (Å²) in [5.41, 5.74) is 6.25. The van der Waals surface area contributed by atoms with Crippen molar-refractivity contribution in [3.05, 3.63) is 66.2 Å². The van der Waals surface area contributed by atoms with Crippen LogP contribution in [0.2, 0.25) is 0 Å². The molecule has 0 aliphatic carbocycles. The third kappa shape index (κ3) is 7.86. The Hall–Kier alpha value is -3.20. The Morgan fingerprint density at radius 2 is 1.39 bits per heavy atom. The van der Waals surface area contributed by atoms with Crippen LogP contribution in [0.4, 0.5) is 0 Å². The Kier molecular flexibility index (Phi) is 8.75. The van der Waals surface area contributed by atoms with Crippen molar-refractivity contribution in [3.63, 3.8) is 0 Å². The number of amides is 3. The SMILES string of the molecule is C[C@@H](NC(=O)CCC(=O)N[C@H](CCS(=O)(=O)c1ccccc1)C(N)=O)c1ccccc1. The summed E-state index contributed by atoms with van der Waals surface area (Å²) in [7, 11) is -3.61. The number of sulfone groups is 1. The summed E-state index contributed by atoms with van der Waals surface area (Å²) in [6.07, 6.45) is -0.380. The van der Waals surface area contributed by atoms with Gasteiger partial charge in [0.2, 0.25) is 17.7 Å². The number of carbonyl (C=O) groups excluding carboxylic acids is 3. The van der Waals surface area contributed by atoms with E-state index in [1.807, 2.05) is 37.3 Å². The number of benzene rings is 2. The summed E-state index contributed by atoms with van der Waals surface area (Å²) in [5.74, 6) is -2.05. The molecule has 0 unspecified atom stereocenters. The fourth-order valence-electron chi connectivity index (χ4n) is 2.94. The molecule has 2 aromatic carbocycles. The van der Waals surface area contributed by atoms with E-state index in [0.29, 0.717) is 0 Å². The van der Waals surface area contributed by atoms with Crippen molar-refractivity contribution in [2.75, 3.05) is 5.75 Å². The standard InChI is InChI=1S/C22H27N3O5S/c1-16(17-8-4-2-5-9-17)24-20(26)12-13-21(27)25-19(22(23)28)14-15-31(29,30)18-10-6-3-7-11-18/h2-11,16,19H,12-15H2,1H3,(H2,23,28)(H,24,26)(H,25,27)/t16-,19-/m1/s1. The van der Waals surface area contributed by atoms with E-state index in [9.17, 15) is 22.8 Å². The molecule has 2 rings (SSSR count). The van der Waals surface area contributed by atoms with Gasteiger partial charge in [-0.15, -0.1) is 0 Å². The van der Waals surface area contributed by atoms with Crippen LogP contribution in [0.3, 0.4) is 0 Å². The minimum absolute atomic E-state index is 0.0726. The summed E-state index contributed by atoms with van der Waals surface area (Å²) < 4.78 is 24.7. The quantitative estimate of drug-likeness (QED) is 0.481. The van der Waals surface area contributed by atoms with Gasteiger partial charge >= 0.3 is 0 Å². The topological polar surface area (TPSA) is 135 Å². The molecule has 2 atom stereocenters. The monoisotopic (exact) mass is 445 g/mol. The van der Waals surface area contributed by atoms with Gasteiger partial charge in [-0.3, -0.25) is 14.4 Å². The van der Waals surface area contributed by atoms with Gasteiger partial charge in [0.25, 0.3) is 0 Å². The van der Waals surface area contributed by atoms with Crippen LogP contribution in [-0.2, 0) is 24.2 Å². The van der Waals surface area contributed by atoms with Gasteiger partial charge in [-0.25, -0.2) is 8.42 Å². The van der Waals surface area contributed by atoms with Crippen LogP contribution in [0, 0.1) is 0 Å². The fourth-order valence-corrected chi connectivity index (χ4v) is 4.29. The van der Waals surface area contributed by atoms with Gasteiger partial charge < -0.3 is 16.4 Å². The first-order valence-corrected chi connectivity index (χ1v) is 11.5. The maximum absolute atomic E-state index is 12.4. The van der Waals surface area contributed by atoms with Crippen molar-refractivity contribution in [1.82, 2.24) is 10.6 Å². The minimum atomic E-state index is -3.61. The first kappa shape index (κ1) is 24.1. The molecule has 8 nitrogen and oxygen atoms in total. The van der Waals surface area contributed by atoms with Gasteiger partial charge in [-0.05, 0) is 31.0 Å². The molecule has 166 valence electrons. The molecule has 3 amide bonds. The largest absolute Gasteiger partial charge is 0.368 e. The van der Waals surface area contributed by atoms with Crippen LogP contribution < -0.4 is 16.4 Å². The molecule has 0 saturated heterocycles. The van der Waals surface area contributed by atoms with Crippen LogP contribution in [-0.4, -0.2) is 37.9 Å². The van der Waals surface area contributed by atoms with E-state index >= 15 is 0 Å². The zero-order valence-corrected chi connectivity index (χ0v) is 18.1. The average Bonchev–Trinajstić information content (AvgIpc) is 2.76. The van der Waals surface area contributed by atoms with E-state index in [2.05, 4.69) is 10.6 Å². The predicted molar refractivity (Wildman–Crippen MR) is 116 cm³/mol. The average molecular weight is 446 g/mol. The number of primary amides is 1. The van der Waals surface area contributed by atoms with Crippen LogP contribution in [0.25, 0.3) is 0 Å². The Bertz CT molecular complexity index is 994. The molecule has 9 heteroatoms. The third-order valence-electron chi connectivity index (χ3n) is 4.71. The highest BCUT2D eigenvalue weighted by Gasteiger charge is 2.23. The Labute approximate surface area is 182 Å². The minimum Gasteiger partial charge on any atom is -0.368 e. The molecule has 0 saturated carbocycles. The van der Waals surface area contributed by atoms with Gasteiger partial charge in [0, 0.05) is 12.8 Å². The third-order valence-corrected chi connectivity index (χ3v) is 6.48. The number of hydrogen-bond acceptors (Lipinski definition) is 5. The first-order valence-electron chi connectivity index (χ1n) is 9.90. The van der Waals surface area contributed by atoms with Crippen LogP contribution in [0.5, 0.6) is 0 Å². The van der Waals surface area contributed by atoms with E-state index in [4.69, 9.17) is 5.73 Å². The highest BCUT2D eigenvalue weighted by Crippen LogP contribution is 2.13. The molecule has 0 spiro atoms. The van der Waals surface area contributed by atoms with Gasteiger partial charge in [-0.1, -0.05) is 48.5 Å². The first-order chi connectivity index (χ1) is 14.7. The molecule has 0 radical (unpaired) electrons. The van der Waals surface area contributed by atoms with Crippen molar-refractivity contribution < 1.29 is 22.8 Å². The fraction of sp³-hybridized carbons (Fsp3) is 0.318. The van der Waals surface area contributed by atoms with E-state index < -0.39 is 27.7 Å². The molecule has 0 heterocycles. The number of carbonyl (C=O) groups is 3. The summed E-state index contributed by atoms with van der Waals surface area (Å²) in [5, 5.41) is 5.22. The molecule has 4 N–H and O–H groups in total. The summed E-state index contributed by atoms with van der Waals surface area (Å²) >= 11 is 0. The summed E-state index contributed by atoms with van der Waals surface area (Å²) in [6.45, 7) is 1.84. The van der Waals surface area contributed by atoms with Crippen LogP contribution in [0.1, 0.15) is 37.8 Å². The van der Waals surface area contributed by atoms with Gasteiger partial charge in [0.15, 0.2) is 9.84 Å². The van der Waals surface area contributed by atoms with Crippen molar-refractivity contribution in [1.29, 1.82) is 0 Å². The molecule has 31 heavy (non-hydrogen) atoms. The molecule has 0 aliphatic rings. The van der Waals surface area contributed by atoms with Crippen molar-refractivity contribution >= 4 is 27.6 Å². The predicted octanol–water partition coefficient (Wildman–Crippen LogP) is 1.48. The lowest BCUT2D eigenvalue weighted by atomic mass is 10.1. The van der Waals surface area contributed by atoms with E-state index in [-0.39, 0.29) is 41.9 Å². The molecular formula is C22H27N3O5S. The molecule has 0 bridgehead atoms. The maximum Gasteiger partial charge on any atom is 0.240 e. The van der Waals surface area contributed by atoms with E-state index in [1.165, 1.54) is 12.1 Å². The Morgan fingerprint density at radius 3 is 1.94 bits per heavy atom. The number of nitrogens with two attached hydrogens (primary N) is 1. The van der Waals surface area contributed by atoms with Gasteiger partial charge in [0.05, 0.1) is 16.7 Å². The van der Waals surface area contributed by atoms with Crippen LogP contribution in [0.15, 0.2) is 65.6 Å². The van der Waals surface area contributed by atoms with Crippen LogP contribution >= 0.6 is 0 Å². The molecule has 2 aromatic rings. The van der Waals surface area contributed by atoms with Crippen molar-refractivity contribution in [2.24, 2.45) is 5.73 Å². The molecular weight excluding hydrogens is 418 g/mol. The molecule has 0 aliphatic heterocycles. The van der Waals surface area contributed by atoms with Crippen molar-refractivity contribution in [3.8, 4) is 0 Å². The highest BCUT2D eigenvalue weighted by atomic mass is 32.2. The number of hydrogen-bond donors (Lipinski definition) is 3. The lowest BCUT2D eigenvalue weighted by Crippen LogP contribution is -2.45. The second kappa shape index (κ2) is 11.3. The van der Waals surface area contributed by atoms with E-state index in [0.717, 1.165) is 5.56 Å². The molecule has 0 aromatic heterocycles. The van der Waals surface area contributed by atoms with Gasteiger partial charge in [0.1, 0.15) is 6.04 Å². The second-order valence-electron chi connectivity index (χ2n) is 7.14. The van der Waals surface area contributed by atoms with Gasteiger partial charge in [-0.2, -0.15) is 0 Å². The zero-order valence-electron chi connectivity index (χ0n) is 17.3. The Balaban J connectivity index is 1.82. The lowest BCUT2D eigenvalue weighted by Gasteiger charge is -2.16. The summed E-state index contributed by atoms with van der Waals surface area (Å²) in [6, 6.07) is 15.9. The second-order valence-corrected chi connectivity index (χ2v) is 9.25.